The lowest BCUT2D eigenvalue weighted by Crippen LogP contribution is -2.32. The Balaban J connectivity index is 1.70. The van der Waals surface area contributed by atoms with Gasteiger partial charge in [0.1, 0.15) is 0 Å². The third-order valence-electron chi connectivity index (χ3n) is 5.38. The van der Waals surface area contributed by atoms with E-state index in [4.69, 9.17) is 0 Å². The van der Waals surface area contributed by atoms with Gasteiger partial charge in [0.15, 0.2) is 5.69 Å². The molecule has 0 bridgehead atoms. The fraction of sp³-hybridized carbons (Fsp3) is 0.421. The van der Waals surface area contributed by atoms with E-state index in [1.165, 1.54) is 10.3 Å². The Bertz CT molecular complexity index is 912. The first-order valence-corrected chi connectivity index (χ1v) is 8.45. The van der Waals surface area contributed by atoms with Gasteiger partial charge < -0.3 is 4.90 Å². The summed E-state index contributed by atoms with van der Waals surface area (Å²) in [4.78, 5) is 27.2. The van der Waals surface area contributed by atoms with Gasteiger partial charge in [0.25, 0.3) is 11.5 Å². The number of allylic oxidation sites excluding steroid dienone is 2. The lowest BCUT2D eigenvalue weighted by atomic mass is 9.83. The molecule has 1 aliphatic carbocycles. The molecule has 2 atom stereocenters. The lowest BCUT2D eigenvalue weighted by Gasteiger charge is -2.21. The summed E-state index contributed by atoms with van der Waals surface area (Å²) >= 11 is 0. The zero-order chi connectivity index (χ0) is 16.8. The van der Waals surface area contributed by atoms with Crippen LogP contribution in [-0.4, -0.2) is 33.7 Å². The minimum absolute atomic E-state index is 0.0612. The number of hydrogen-bond acceptors (Lipinski definition) is 3. The van der Waals surface area contributed by atoms with Crippen molar-refractivity contribution in [3.05, 3.63) is 52.0 Å². The second kappa shape index (κ2) is 5.58. The molecule has 5 nitrogen and oxygen atoms in total. The highest BCUT2D eigenvalue weighted by Crippen LogP contribution is 2.36. The van der Waals surface area contributed by atoms with E-state index in [0.29, 0.717) is 28.3 Å². The molecule has 1 amide bonds. The normalized spacial score (nSPS) is 23.2. The van der Waals surface area contributed by atoms with Gasteiger partial charge in [0, 0.05) is 25.5 Å². The summed E-state index contributed by atoms with van der Waals surface area (Å²) in [6.45, 7) is 3.74. The van der Waals surface area contributed by atoms with Crippen LogP contribution in [0.2, 0.25) is 0 Å². The summed E-state index contributed by atoms with van der Waals surface area (Å²) in [5.41, 5.74) is 1.64. The van der Waals surface area contributed by atoms with Crippen LogP contribution in [0.15, 0.2) is 40.7 Å². The number of hydrogen-bond donors (Lipinski definition) is 0. The number of aryl methyl sites for hydroxylation is 1. The van der Waals surface area contributed by atoms with Gasteiger partial charge in [-0.3, -0.25) is 9.59 Å². The van der Waals surface area contributed by atoms with Gasteiger partial charge in [-0.05, 0) is 37.7 Å². The van der Waals surface area contributed by atoms with Crippen molar-refractivity contribution in [2.24, 2.45) is 18.9 Å². The molecule has 0 spiro atoms. The van der Waals surface area contributed by atoms with E-state index in [1.807, 2.05) is 23.1 Å². The zero-order valence-corrected chi connectivity index (χ0v) is 14.0. The molecule has 1 aromatic carbocycles. The van der Waals surface area contributed by atoms with Gasteiger partial charge in [0.05, 0.1) is 5.39 Å². The second-order valence-corrected chi connectivity index (χ2v) is 7.04. The standard InChI is InChI=1S/C19H21N3O2/c1-12-7-8-13-10-22(11-14(13)9-12)19(24)17-15-5-3-4-6-16(15)18(23)21(2)20-17/h3-7,13-14H,8-11H2,1-2H3/t13-,14+/m1/s1. The van der Waals surface area contributed by atoms with Crippen LogP contribution >= 0.6 is 0 Å². The van der Waals surface area contributed by atoms with Crippen molar-refractivity contribution in [3.8, 4) is 0 Å². The molecule has 0 N–H and O–H groups in total. The maximum atomic E-state index is 13.1. The molecular formula is C19H21N3O2. The average Bonchev–Trinajstić information content (AvgIpc) is 3.00. The molecule has 1 aromatic heterocycles. The number of carbonyl (C=O) groups is 1. The van der Waals surface area contributed by atoms with Gasteiger partial charge in [-0.25, -0.2) is 4.68 Å². The first-order valence-electron chi connectivity index (χ1n) is 8.45. The van der Waals surface area contributed by atoms with E-state index >= 15 is 0 Å². The van der Waals surface area contributed by atoms with Crippen molar-refractivity contribution in [1.29, 1.82) is 0 Å². The molecule has 1 fully saturated rings. The number of nitrogens with zero attached hydrogens (tertiary/aromatic N) is 3. The molecule has 1 aliphatic heterocycles. The van der Waals surface area contributed by atoms with E-state index in [0.717, 1.165) is 25.9 Å². The number of likely N-dealkylation sites (tertiary alicyclic amines) is 1. The molecular weight excluding hydrogens is 302 g/mol. The second-order valence-electron chi connectivity index (χ2n) is 7.04. The summed E-state index contributed by atoms with van der Waals surface area (Å²) in [7, 11) is 1.60. The smallest absolute Gasteiger partial charge is 0.274 e. The maximum absolute atomic E-state index is 13.1. The van der Waals surface area contributed by atoms with Crippen LogP contribution in [0.1, 0.15) is 30.3 Å². The number of fused-ring (bicyclic) bond motifs is 2. The van der Waals surface area contributed by atoms with Gasteiger partial charge in [-0.2, -0.15) is 5.10 Å². The topological polar surface area (TPSA) is 55.2 Å². The van der Waals surface area contributed by atoms with Crippen LogP contribution in [0.4, 0.5) is 0 Å². The van der Waals surface area contributed by atoms with Crippen molar-refractivity contribution in [2.45, 2.75) is 19.8 Å². The predicted molar refractivity (Wildman–Crippen MR) is 92.9 cm³/mol. The molecule has 0 radical (unpaired) electrons. The summed E-state index contributed by atoms with van der Waals surface area (Å²) < 4.78 is 1.27. The summed E-state index contributed by atoms with van der Waals surface area (Å²) in [6.07, 6.45) is 4.44. The van der Waals surface area contributed by atoms with E-state index in [-0.39, 0.29) is 11.5 Å². The first-order chi connectivity index (χ1) is 11.5. The minimum atomic E-state index is -0.169. The third kappa shape index (κ3) is 2.35. The van der Waals surface area contributed by atoms with Crippen LogP contribution in [0, 0.1) is 11.8 Å². The minimum Gasteiger partial charge on any atom is -0.337 e. The Hall–Kier alpha value is -2.43. The Labute approximate surface area is 140 Å². The molecule has 124 valence electrons. The monoisotopic (exact) mass is 323 g/mol. The van der Waals surface area contributed by atoms with Crippen LogP contribution in [-0.2, 0) is 7.05 Å². The number of benzene rings is 1. The van der Waals surface area contributed by atoms with E-state index in [2.05, 4.69) is 18.1 Å². The SMILES string of the molecule is CC1=CC[C@@H]2CN(C(=O)c3nn(C)c(=O)c4ccccc34)C[C@@H]2C1. The van der Waals surface area contributed by atoms with Crippen molar-refractivity contribution < 1.29 is 4.79 Å². The van der Waals surface area contributed by atoms with E-state index < -0.39 is 0 Å². The highest BCUT2D eigenvalue weighted by Gasteiger charge is 2.37. The Kier molecular flexibility index (Phi) is 3.52. The molecule has 24 heavy (non-hydrogen) atoms. The number of aromatic nitrogens is 2. The molecule has 1 saturated heterocycles. The first kappa shape index (κ1) is 15.1. The maximum Gasteiger partial charge on any atom is 0.274 e. The van der Waals surface area contributed by atoms with Crippen LogP contribution in [0.5, 0.6) is 0 Å². The summed E-state index contributed by atoms with van der Waals surface area (Å²) in [6, 6.07) is 7.23. The molecule has 2 aliphatic rings. The van der Waals surface area contributed by atoms with Gasteiger partial charge >= 0.3 is 0 Å². The highest BCUT2D eigenvalue weighted by atomic mass is 16.2. The van der Waals surface area contributed by atoms with E-state index in [1.54, 1.807) is 13.1 Å². The number of amides is 1. The molecule has 0 saturated carbocycles. The van der Waals surface area contributed by atoms with Gasteiger partial charge in [-0.15, -0.1) is 0 Å². The average molecular weight is 323 g/mol. The molecule has 2 aromatic rings. The predicted octanol–water partition coefficient (Wildman–Crippen LogP) is 2.36. The number of rotatable bonds is 1. The Morgan fingerprint density at radius 2 is 1.88 bits per heavy atom. The van der Waals surface area contributed by atoms with Crippen LogP contribution < -0.4 is 5.56 Å². The van der Waals surface area contributed by atoms with Crippen molar-refractivity contribution in [1.82, 2.24) is 14.7 Å². The van der Waals surface area contributed by atoms with Crippen LogP contribution in [0.25, 0.3) is 10.8 Å². The third-order valence-corrected chi connectivity index (χ3v) is 5.38. The highest BCUT2D eigenvalue weighted by molar-refractivity contribution is 6.04. The van der Waals surface area contributed by atoms with Gasteiger partial charge in [0.2, 0.25) is 0 Å². The largest absolute Gasteiger partial charge is 0.337 e. The molecule has 2 heterocycles. The summed E-state index contributed by atoms with van der Waals surface area (Å²) in [5.74, 6) is 1.04. The molecule has 4 rings (SSSR count). The van der Waals surface area contributed by atoms with Gasteiger partial charge in [-0.1, -0.05) is 29.8 Å². The lowest BCUT2D eigenvalue weighted by molar-refractivity contribution is 0.0778. The van der Waals surface area contributed by atoms with Crippen molar-refractivity contribution in [2.75, 3.05) is 13.1 Å². The Morgan fingerprint density at radius 3 is 2.67 bits per heavy atom. The summed E-state index contributed by atoms with van der Waals surface area (Å²) in [5, 5.41) is 5.47. The quantitative estimate of drug-likeness (QED) is 0.757. The fourth-order valence-electron chi connectivity index (χ4n) is 4.06. The molecule has 5 heteroatoms. The van der Waals surface area contributed by atoms with Crippen molar-refractivity contribution >= 4 is 16.7 Å². The van der Waals surface area contributed by atoms with Crippen LogP contribution in [0.3, 0.4) is 0 Å². The fourth-order valence-corrected chi connectivity index (χ4v) is 4.06. The Morgan fingerprint density at radius 1 is 1.17 bits per heavy atom. The zero-order valence-electron chi connectivity index (χ0n) is 14.0. The molecule has 0 unspecified atom stereocenters. The van der Waals surface area contributed by atoms with Crippen molar-refractivity contribution in [3.63, 3.8) is 0 Å². The van der Waals surface area contributed by atoms with E-state index in [9.17, 15) is 9.59 Å². The number of carbonyl (C=O) groups excluding carboxylic acids is 1.